The van der Waals surface area contributed by atoms with E-state index in [2.05, 4.69) is 12.2 Å². The second-order valence-corrected chi connectivity index (χ2v) is 5.14. The lowest BCUT2D eigenvalue weighted by Crippen LogP contribution is -2.40. The van der Waals surface area contributed by atoms with Crippen LogP contribution in [0, 0.1) is 16.0 Å². The molecule has 1 heterocycles. The van der Waals surface area contributed by atoms with Crippen molar-refractivity contribution in [2.45, 2.75) is 38.6 Å². The van der Waals surface area contributed by atoms with Crippen molar-refractivity contribution in [1.82, 2.24) is 5.32 Å². The molecule has 0 aromatic carbocycles. The summed E-state index contributed by atoms with van der Waals surface area (Å²) < 4.78 is 4.94. The van der Waals surface area contributed by atoms with Crippen LogP contribution in [0.3, 0.4) is 0 Å². The van der Waals surface area contributed by atoms with Crippen LogP contribution in [0.4, 0.5) is 5.88 Å². The van der Waals surface area contributed by atoms with Crippen molar-refractivity contribution in [3.8, 4) is 0 Å². The number of nitro groups is 1. The minimum absolute atomic E-state index is 0.192. The molecule has 1 aromatic heterocycles. The fraction of sp³-hybridized carbons (Fsp3) is 0.500. The zero-order valence-electron chi connectivity index (χ0n) is 11.4. The van der Waals surface area contributed by atoms with Crippen LogP contribution in [0.15, 0.2) is 22.6 Å². The zero-order chi connectivity index (χ0) is 14.5. The van der Waals surface area contributed by atoms with Gasteiger partial charge in [-0.25, -0.2) is 0 Å². The number of hydrogen-bond donors (Lipinski definition) is 1. The molecule has 0 saturated heterocycles. The van der Waals surface area contributed by atoms with Gasteiger partial charge in [-0.2, -0.15) is 0 Å². The molecule has 108 valence electrons. The molecule has 1 N–H and O–H groups in total. The van der Waals surface area contributed by atoms with Gasteiger partial charge in [-0.15, -0.1) is 0 Å². The lowest BCUT2D eigenvalue weighted by molar-refractivity contribution is -0.402. The van der Waals surface area contributed by atoms with Gasteiger partial charge in [-0.05, 0) is 30.9 Å². The van der Waals surface area contributed by atoms with Gasteiger partial charge in [0.05, 0.1) is 6.07 Å². The van der Waals surface area contributed by atoms with Crippen molar-refractivity contribution in [2.24, 2.45) is 5.92 Å². The van der Waals surface area contributed by atoms with Gasteiger partial charge in [0.2, 0.25) is 5.91 Å². The second-order valence-electron chi connectivity index (χ2n) is 5.14. The Morgan fingerprint density at radius 2 is 2.20 bits per heavy atom. The van der Waals surface area contributed by atoms with E-state index in [1.54, 1.807) is 0 Å². The largest absolute Gasteiger partial charge is 0.433 e. The van der Waals surface area contributed by atoms with Gasteiger partial charge in [0.1, 0.15) is 10.7 Å². The van der Waals surface area contributed by atoms with E-state index in [0.29, 0.717) is 11.7 Å². The van der Waals surface area contributed by atoms with Crippen molar-refractivity contribution in [3.63, 3.8) is 0 Å². The third-order valence-electron chi connectivity index (χ3n) is 3.63. The lowest BCUT2D eigenvalue weighted by Gasteiger charge is -2.29. The Hall–Kier alpha value is -2.11. The van der Waals surface area contributed by atoms with Gasteiger partial charge in [0.15, 0.2) is 0 Å². The number of carbonyl (C=O) groups excluding carboxylic acids is 1. The summed E-state index contributed by atoms with van der Waals surface area (Å²) >= 11 is 0. The highest BCUT2D eigenvalue weighted by atomic mass is 16.6. The number of hydrogen-bond acceptors (Lipinski definition) is 4. The third kappa shape index (κ3) is 3.69. The van der Waals surface area contributed by atoms with Gasteiger partial charge in [0.25, 0.3) is 0 Å². The van der Waals surface area contributed by atoms with Crippen molar-refractivity contribution >= 4 is 17.9 Å². The smallest absolute Gasteiger partial charge is 0.401 e. The molecule has 1 aliphatic rings. The molecule has 1 amide bonds. The highest BCUT2D eigenvalue weighted by molar-refractivity contribution is 5.91. The molecule has 20 heavy (non-hydrogen) atoms. The van der Waals surface area contributed by atoms with Gasteiger partial charge in [-0.3, -0.25) is 14.9 Å². The summed E-state index contributed by atoms with van der Waals surface area (Å²) in [7, 11) is 0. The van der Waals surface area contributed by atoms with Crippen LogP contribution in [0.25, 0.3) is 6.08 Å². The van der Waals surface area contributed by atoms with E-state index in [0.717, 1.165) is 19.3 Å². The Morgan fingerprint density at radius 3 is 2.85 bits per heavy atom. The minimum Gasteiger partial charge on any atom is -0.401 e. The first-order valence-corrected chi connectivity index (χ1v) is 6.79. The highest BCUT2D eigenvalue weighted by Crippen LogP contribution is 2.23. The minimum atomic E-state index is -0.610. The van der Waals surface area contributed by atoms with E-state index >= 15 is 0 Å². The molecule has 6 heteroatoms. The summed E-state index contributed by atoms with van der Waals surface area (Å²) in [5.41, 5.74) is 0. The molecule has 1 fully saturated rings. The number of carbonyl (C=O) groups is 1. The van der Waals surface area contributed by atoms with Gasteiger partial charge in [0, 0.05) is 12.1 Å². The number of rotatable bonds is 4. The third-order valence-corrected chi connectivity index (χ3v) is 3.63. The molecule has 0 radical (unpaired) electrons. The Balaban J connectivity index is 1.89. The van der Waals surface area contributed by atoms with Crippen LogP contribution in [0.5, 0.6) is 0 Å². The molecule has 0 bridgehead atoms. The van der Waals surface area contributed by atoms with E-state index in [-0.39, 0.29) is 17.8 Å². The SMILES string of the molecule is C[C@@H]1CCCC[C@@H]1NC(=O)/C=C/c1ccc([N+](=O)[O-])o1. The van der Waals surface area contributed by atoms with E-state index in [4.69, 9.17) is 4.42 Å². The van der Waals surface area contributed by atoms with Crippen molar-refractivity contribution in [3.05, 3.63) is 34.1 Å². The first kappa shape index (κ1) is 14.3. The average Bonchev–Trinajstić information content (AvgIpc) is 2.88. The number of nitrogens with zero attached hydrogens (tertiary/aromatic N) is 1. The summed E-state index contributed by atoms with van der Waals surface area (Å²) in [5, 5.41) is 13.4. The normalized spacial score (nSPS) is 22.9. The van der Waals surface area contributed by atoms with Crippen LogP contribution in [0.2, 0.25) is 0 Å². The van der Waals surface area contributed by atoms with E-state index in [9.17, 15) is 14.9 Å². The first-order chi connectivity index (χ1) is 9.56. The maximum Gasteiger partial charge on any atom is 0.433 e. The lowest BCUT2D eigenvalue weighted by atomic mass is 9.86. The van der Waals surface area contributed by atoms with Gasteiger partial charge in [-0.1, -0.05) is 19.8 Å². The average molecular weight is 278 g/mol. The number of nitrogens with one attached hydrogen (secondary N) is 1. The molecule has 0 aliphatic heterocycles. The Labute approximate surface area is 117 Å². The van der Waals surface area contributed by atoms with Crippen LogP contribution >= 0.6 is 0 Å². The Morgan fingerprint density at radius 1 is 1.45 bits per heavy atom. The van der Waals surface area contributed by atoms with Crippen molar-refractivity contribution < 1.29 is 14.1 Å². The number of amides is 1. The molecule has 6 nitrogen and oxygen atoms in total. The second kappa shape index (κ2) is 6.36. The van der Waals surface area contributed by atoms with Crippen molar-refractivity contribution in [2.75, 3.05) is 0 Å². The van der Waals surface area contributed by atoms with Gasteiger partial charge < -0.3 is 9.73 Å². The fourth-order valence-electron chi connectivity index (χ4n) is 2.45. The predicted octanol–water partition coefficient (Wildman–Crippen LogP) is 2.90. The van der Waals surface area contributed by atoms with E-state index in [1.807, 2.05) is 0 Å². The Kier molecular flexibility index (Phi) is 4.55. The zero-order valence-corrected chi connectivity index (χ0v) is 11.4. The first-order valence-electron chi connectivity index (χ1n) is 6.79. The molecule has 1 saturated carbocycles. The predicted molar refractivity (Wildman–Crippen MR) is 74.0 cm³/mol. The molecule has 2 rings (SSSR count). The quantitative estimate of drug-likeness (QED) is 0.521. The summed E-state index contributed by atoms with van der Waals surface area (Å²) in [6.45, 7) is 2.14. The fourth-order valence-corrected chi connectivity index (χ4v) is 2.45. The van der Waals surface area contributed by atoms with Crippen LogP contribution < -0.4 is 5.32 Å². The summed E-state index contributed by atoms with van der Waals surface area (Å²) in [4.78, 5) is 21.6. The van der Waals surface area contributed by atoms with E-state index < -0.39 is 4.92 Å². The molecular weight excluding hydrogens is 260 g/mol. The Bertz CT molecular complexity index is 521. The van der Waals surface area contributed by atoms with Crippen LogP contribution in [0.1, 0.15) is 38.4 Å². The summed E-state index contributed by atoms with van der Waals surface area (Å²) in [6.07, 6.45) is 7.30. The molecule has 0 unspecified atom stereocenters. The monoisotopic (exact) mass is 278 g/mol. The standard InChI is InChI=1S/C14H18N2O4/c1-10-4-2-3-5-12(10)15-13(17)8-6-11-7-9-14(20-11)16(18)19/h6-10,12H,2-5H2,1H3,(H,15,17)/b8-6+/t10-,12+/m1/s1. The molecule has 1 aromatic rings. The van der Waals surface area contributed by atoms with Crippen LogP contribution in [-0.2, 0) is 4.79 Å². The maximum atomic E-state index is 11.8. The topological polar surface area (TPSA) is 85.4 Å². The molecule has 1 aliphatic carbocycles. The molecule has 0 spiro atoms. The van der Waals surface area contributed by atoms with Gasteiger partial charge >= 0.3 is 5.88 Å². The highest BCUT2D eigenvalue weighted by Gasteiger charge is 2.21. The van der Waals surface area contributed by atoms with E-state index in [1.165, 1.54) is 30.7 Å². The summed E-state index contributed by atoms with van der Waals surface area (Å²) in [6, 6.07) is 2.94. The van der Waals surface area contributed by atoms with Crippen molar-refractivity contribution in [1.29, 1.82) is 0 Å². The maximum absolute atomic E-state index is 11.8. The number of furan rings is 1. The molecular formula is C14H18N2O4. The van der Waals surface area contributed by atoms with Crippen LogP contribution in [-0.4, -0.2) is 16.9 Å². The molecule has 2 atom stereocenters. The summed E-state index contributed by atoms with van der Waals surface area (Å²) in [5.74, 6) is 0.267.